The molecule has 7 nitrogen and oxygen atoms in total. The predicted octanol–water partition coefficient (Wildman–Crippen LogP) is 2.27. The molecule has 1 aromatic carbocycles. The molecule has 0 aliphatic heterocycles. The van der Waals surface area contributed by atoms with Crippen molar-refractivity contribution in [3.8, 4) is 0 Å². The van der Waals surface area contributed by atoms with Gasteiger partial charge in [0.05, 0.1) is 5.75 Å². The summed E-state index contributed by atoms with van der Waals surface area (Å²) in [5.41, 5.74) is 1.15. The van der Waals surface area contributed by atoms with Crippen molar-refractivity contribution in [2.45, 2.75) is 43.3 Å². The zero-order chi connectivity index (χ0) is 18.4. The van der Waals surface area contributed by atoms with Gasteiger partial charge in [0.2, 0.25) is 5.91 Å². The molecule has 0 atom stereocenters. The first-order valence-corrected chi connectivity index (χ1v) is 9.75. The fourth-order valence-electron chi connectivity index (χ4n) is 2.99. The summed E-state index contributed by atoms with van der Waals surface area (Å²) in [4.78, 5) is 23.8. The van der Waals surface area contributed by atoms with Crippen LogP contribution in [0, 0.1) is 0 Å². The van der Waals surface area contributed by atoms with E-state index >= 15 is 0 Å². The third-order valence-corrected chi connectivity index (χ3v) is 5.43. The van der Waals surface area contributed by atoms with Crippen LogP contribution in [0.4, 0.5) is 4.79 Å². The molecule has 26 heavy (non-hydrogen) atoms. The van der Waals surface area contributed by atoms with Crippen LogP contribution in [0.2, 0.25) is 0 Å². The van der Waals surface area contributed by atoms with Gasteiger partial charge in [-0.05, 0) is 18.4 Å². The van der Waals surface area contributed by atoms with Crippen LogP contribution in [-0.4, -0.2) is 38.5 Å². The van der Waals surface area contributed by atoms with Gasteiger partial charge in [0.15, 0.2) is 5.16 Å². The number of hydrogen-bond acceptors (Lipinski definition) is 5. The number of nitrogens with one attached hydrogen (secondary N) is 2. The summed E-state index contributed by atoms with van der Waals surface area (Å²) in [6, 6.07) is 9.81. The second-order valence-corrected chi connectivity index (χ2v) is 7.35. The molecular formula is C18H23N5O2S. The topological polar surface area (TPSA) is 88.9 Å². The number of rotatable bonds is 6. The standard InChI is InChI=1S/C18H23N5O2S/c1-23-15(11-13-7-3-2-4-8-13)21-22-18(23)26-12-16(24)20-17(25)19-14-9-5-6-10-14/h2-4,7-8,14H,5-6,9-12H2,1H3,(H2,19,20,24,25). The van der Waals surface area contributed by atoms with E-state index in [0.29, 0.717) is 11.6 Å². The minimum Gasteiger partial charge on any atom is -0.335 e. The number of amides is 3. The SMILES string of the molecule is Cn1c(Cc2ccccc2)nnc1SCC(=O)NC(=O)NC1CCCC1. The third-order valence-electron chi connectivity index (χ3n) is 4.41. The predicted molar refractivity (Wildman–Crippen MR) is 99.9 cm³/mol. The van der Waals surface area contributed by atoms with Crippen molar-refractivity contribution in [2.24, 2.45) is 7.05 Å². The molecule has 0 unspecified atom stereocenters. The van der Waals surface area contributed by atoms with Gasteiger partial charge in [0, 0.05) is 19.5 Å². The molecule has 1 saturated carbocycles. The lowest BCUT2D eigenvalue weighted by Gasteiger charge is -2.12. The van der Waals surface area contributed by atoms with E-state index in [0.717, 1.165) is 37.1 Å². The van der Waals surface area contributed by atoms with Crippen LogP contribution < -0.4 is 10.6 Å². The molecule has 1 aliphatic carbocycles. The quantitative estimate of drug-likeness (QED) is 0.758. The lowest BCUT2D eigenvalue weighted by molar-refractivity contribution is -0.117. The van der Waals surface area contributed by atoms with Gasteiger partial charge >= 0.3 is 6.03 Å². The molecule has 0 saturated heterocycles. The number of aromatic nitrogens is 3. The first kappa shape index (κ1) is 18.4. The molecule has 3 rings (SSSR count). The summed E-state index contributed by atoms with van der Waals surface area (Å²) in [7, 11) is 1.88. The summed E-state index contributed by atoms with van der Waals surface area (Å²) < 4.78 is 1.88. The molecule has 0 spiro atoms. The Labute approximate surface area is 157 Å². The average molecular weight is 373 g/mol. The van der Waals surface area contributed by atoms with E-state index in [9.17, 15) is 9.59 Å². The average Bonchev–Trinajstić information content (AvgIpc) is 3.25. The fourth-order valence-corrected chi connectivity index (χ4v) is 3.72. The summed E-state index contributed by atoms with van der Waals surface area (Å²) in [5, 5.41) is 14.2. The van der Waals surface area contributed by atoms with Crippen molar-refractivity contribution in [1.29, 1.82) is 0 Å². The summed E-state index contributed by atoms with van der Waals surface area (Å²) in [6.07, 6.45) is 4.91. The molecule has 1 fully saturated rings. The lowest BCUT2D eigenvalue weighted by Crippen LogP contribution is -2.44. The Morgan fingerprint density at radius 2 is 1.92 bits per heavy atom. The fraction of sp³-hybridized carbons (Fsp3) is 0.444. The number of thioether (sulfide) groups is 1. The molecule has 0 bridgehead atoms. The number of imide groups is 1. The van der Waals surface area contributed by atoms with E-state index in [-0.39, 0.29) is 17.7 Å². The lowest BCUT2D eigenvalue weighted by atomic mass is 10.1. The van der Waals surface area contributed by atoms with Crippen LogP contribution in [0.15, 0.2) is 35.5 Å². The molecule has 3 amide bonds. The number of urea groups is 1. The Kier molecular flexibility index (Phi) is 6.27. The van der Waals surface area contributed by atoms with Crippen LogP contribution in [0.5, 0.6) is 0 Å². The van der Waals surface area contributed by atoms with Gasteiger partial charge in [-0.25, -0.2) is 4.79 Å². The Morgan fingerprint density at radius 1 is 1.19 bits per heavy atom. The highest BCUT2D eigenvalue weighted by Gasteiger charge is 2.18. The molecule has 138 valence electrons. The van der Waals surface area contributed by atoms with E-state index in [1.54, 1.807) is 0 Å². The number of nitrogens with zero attached hydrogens (tertiary/aromatic N) is 3. The molecule has 1 aliphatic rings. The largest absolute Gasteiger partial charge is 0.335 e. The number of carbonyl (C=O) groups excluding carboxylic acids is 2. The van der Waals surface area contributed by atoms with Crippen LogP contribution in [0.25, 0.3) is 0 Å². The summed E-state index contributed by atoms with van der Waals surface area (Å²) in [5.74, 6) is 0.617. The van der Waals surface area contributed by atoms with Gasteiger partial charge in [0.25, 0.3) is 0 Å². The van der Waals surface area contributed by atoms with Crippen molar-refractivity contribution < 1.29 is 9.59 Å². The van der Waals surface area contributed by atoms with Crippen LogP contribution in [-0.2, 0) is 18.3 Å². The Morgan fingerprint density at radius 3 is 2.65 bits per heavy atom. The monoisotopic (exact) mass is 373 g/mol. The molecule has 2 aromatic rings. The van der Waals surface area contributed by atoms with E-state index in [2.05, 4.69) is 20.8 Å². The third kappa shape index (κ3) is 5.08. The van der Waals surface area contributed by atoms with Gasteiger partial charge < -0.3 is 9.88 Å². The van der Waals surface area contributed by atoms with Gasteiger partial charge in [-0.2, -0.15) is 0 Å². The second-order valence-electron chi connectivity index (χ2n) is 6.41. The highest BCUT2D eigenvalue weighted by Crippen LogP contribution is 2.18. The summed E-state index contributed by atoms with van der Waals surface area (Å²) >= 11 is 1.27. The minimum absolute atomic E-state index is 0.120. The molecule has 8 heteroatoms. The zero-order valence-electron chi connectivity index (χ0n) is 14.8. The maximum absolute atomic E-state index is 12.0. The normalized spacial score (nSPS) is 14.3. The highest BCUT2D eigenvalue weighted by molar-refractivity contribution is 7.99. The first-order valence-electron chi connectivity index (χ1n) is 8.77. The highest BCUT2D eigenvalue weighted by atomic mass is 32.2. The maximum Gasteiger partial charge on any atom is 0.321 e. The number of carbonyl (C=O) groups is 2. The Hall–Kier alpha value is -2.35. The number of hydrogen-bond donors (Lipinski definition) is 2. The molecule has 2 N–H and O–H groups in total. The van der Waals surface area contributed by atoms with Crippen molar-refractivity contribution in [3.63, 3.8) is 0 Å². The molecule has 1 aromatic heterocycles. The van der Waals surface area contributed by atoms with E-state index < -0.39 is 6.03 Å². The van der Waals surface area contributed by atoms with Gasteiger partial charge in [-0.1, -0.05) is 54.9 Å². The zero-order valence-corrected chi connectivity index (χ0v) is 15.6. The van der Waals surface area contributed by atoms with Crippen molar-refractivity contribution in [2.75, 3.05) is 5.75 Å². The van der Waals surface area contributed by atoms with E-state index in [1.165, 1.54) is 11.8 Å². The maximum atomic E-state index is 12.0. The first-order chi connectivity index (χ1) is 12.6. The van der Waals surface area contributed by atoms with Gasteiger partial charge in [0.1, 0.15) is 5.82 Å². The van der Waals surface area contributed by atoms with Crippen LogP contribution >= 0.6 is 11.8 Å². The Bertz CT molecular complexity index is 756. The minimum atomic E-state index is -0.412. The van der Waals surface area contributed by atoms with Crippen molar-refractivity contribution >= 4 is 23.7 Å². The van der Waals surface area contributed by atoms with Crippen molar-refractivity contribution in [1.82, 2.24) is 25.4 Å². The second kappa shape index (κ2) is 8.84. The Balaban J connectivity index is 1.46. The van der Waals surface area contributed by atoms with E-state index in [4.69, 9.17) is 0 Å². The number of benzene rings is 1. The summed E-state index contributed by atoms with van der Waals surface area (Å²) in [6.45, 7) is 0. The molecule has 0 radical (unpaired) electrons. The smallest absolute Gasteiger partial charge is 0.321 e. The molecular weight excluding hydrogens is 350 g/mol. The van der Waals surface area contributed by atoms with Gasteiger partial charge in [-0.3, -0.25) is 10.1 Å². The van der Waals surface area contributed by atoms with Crippen LogP contribution in [0.1, 0.15) is 37.1 Å². The van der Waals surface area contributed by atoms with Crippen LogP contribution in [0.3, 0.4) is 0 Å². The van der Waals surface area contributed by atoms with E-state index in [1.807, 2.05) is 41.9 Å². The van der Waals surface area contributed by atoms with Gasteiger partial charge in [-0.15, -0.1) is 10.2 Å². The molecule has 1 heterocycles. The van der Waals surface area contributed by atoms with Crippen molar-refractivity contribution in [3.05, 3.63) is 41.7 Å².